The Morgan fingerprint density at radius 2 is 1.76 bits per heavy atom. The van der Waals surface area contributed by atoms with E-state index in [0.29, 0.717) is 5.41 Å². The van der Waals surface area contributed by atoms with Crippen LogP contribution in [0.15, 0.2) is 0 Å². The van der Waals surface area contributed by atoms with E-state index in [2.05, 4.69) is 39.9 Å². The fourth-order valence-corrected chi connectivity index (χ4v) is 2.81. The highest BCUT2D eigenvalue weighted by atomic mass is 15.0. The summed E-state index contributed by atoms with van der Waals surface area (Å²) in [5.74, 6) is 1.03. The summed E-state index contributed by atoms with van der Waals surface area (Å²) in [4.78, 5) is 0. The highest BCUT2D eigenvalue weighted by Gasteiger charge is 2.31. The van der Waals surface area contributed by atoms with E-state index in [1.54, 1.807) is 0 Å². The minimum absolute atomic E-state index is 0.266. The lowest BCUT2D eigenvalue weighted by Crippen LogP contribution is -2.44. The first kappa shape index (κ1) is 15.0. The standard InChI is InChI=1S/C16H33N/c1-6-7-8-14-9-11-16(5,12-10-14)13-17-15(2,3)4/h14,17H,6-13H2,1-5H3. The van der Waals surface area contributed by atoms with Gasteiger partial charge >= 0.3 is 0 Å². The van der Waals surface area contributed by atoms with Crippen molar-refractivity contribution in [3.8, 4) is 0 Å². The molecule has 0 unspecified atom stereocenters. The zero-order valence-electron chi connectivity index (χ0n) is 12.7. The molecule has 1 heteroatoms. The summed E-state index contributed by atoms with van der Waals surface area (Å²) < 4.78 is 0. The largest absolute Gasteiger partial charge is 0.312 e. The molecule has 0 bridgehead atoms. The summed E-state index contributed by atoms with van der Waals surface area (Å²) in [6, 6.07) is 0. The van der Waals surface area contributed by atoms with Crippen LogP contribution in [0.1, 0.15) is 79.6 Å². The smallest absolute Gasteiger partial charge is 0.00967 e. The lowest BCUT2D eigenvalue weighted by atomic mass is 9.70. The maximum Gasteiger partial charge on any atom is 0.00967 e. The predicted molar refractivity (Wildman–Crippen MR) is 77.3 cm³/mol. The Kier molecular flexibility index (Phi) is 5.50. The maximum absolute atomic E-state index is 3.69. The quantitative estimate of drug-likeness (QED) is 0.729. The Balaban J connectivity index is 2.28. The topological polar surface area (TPSA) is 12.0 Å². The molecule has 1 nitrogen and oxygen atoms in total. The van der Waals surface area contributed by atoms with Gasteiger partial charge in [0, 0.05) is 12.1 Å². The van der Waals surface area contributed by atoms with Gasteiger partial charge in [-0.25, -0.2) is 0 Å². The van der Waals surface area contributed by atoms with E-state index < -0.39 is 0 Å². The lowest BCUT2D eigenvalue weighted by molar-refractivity contribution is 0.148. The maximum atomic E-state index is 3.69. The van der Waals surface area contributed by atoms with Crippen LogP contribution in [-0.2, 0) is 0 Å². The number of unbranched alkanes of at least 4 members (excludes halogenated alkanes) is 1. The van der Waals surface area contributed by atoms with Crippen LogP contribution in [0.3, 0.4) is 0 Å². The summed E-state index contributed by atoms with van der Waals surface area (Å²) >= 11 is 0. The van der Waals surface area contributed by atoms with Gasteiger partial charge in [0.2, 0.25) is 0 Å². The minimum Gasteiger partial charge on any atom is -0.312 e. The van der Waals surface area contributed by atoms with E-state index in [4.69, 9.17) is 0 Å². The average Bonchev–Trinajstić information content (AvgIpc) is 2.25. The first-order valence-electron chi connectivity index (χ1n) is 7.60. The Hall–Kier alpha value is -0.0400. The average molecular weight is 239 g/mol. The molecule has 0 aromatic carbocycles. The van der Waals surface area contributed by atoms with Gasteiger partial charge in [0.1, 0.15) is 0 Å². The molecule has 0 amide bonds. The molecule has 1 rings (SSSR count). The van der Waals surface area contributed by atoms with Crippen molar-refractivity contribution in [3.63, 3.8) is 0 Å². The summed E-state index contributed by atoms with van der Waals surface area (Å²) in [7, 11) is 0. The third-order valence-electron chi connectivity index (χ3n) is 4.32. The first-order valence-corrected chi connectivity index (χ1v) is 7.60. The number of nitrogens with one attached hydrogen (secondary N) is 1. The third-order valence-corrected chi connectivity index (χ3v) is 4.32. The highest BCUT2D eigenvalue weighted by molar-refractivity contribution is 4.86. The molecule has 1 N–H and O–H groups in total. The van der Waals surface area contributed by atoms with Crippen LogP contribution in [0, 0.1) is 11.3 Å². The molecule has 1 fully saturated rings. The molecule has 102 valence electrons. The molecular formula is C16H33N. The Morgan fingerprint density at radius 1 is 1.18 bits per heavy atom. The van der Waals surface area contributed by atoms with Gasteiger partial charge in [-0.05, 0) is 57.8 Å². The normalized spacial score (nSPS) is 30.5. The molecule has 0 aliphatic heterocycles. The zero-order valence-corrected chi connectivity index (χ0v) is 12.7. The highest BCUT2D eigenvalue weighted by Crippen LogP contribution is 2.40. The summed E-state index contributed by atoms with van der Waals surface area (Å²) in [6.45, 7) is 12.8. The van der Waals surface area contributed by atoms with Gasteiger partial charge in [0.15, 0.2) is 0 Å². The van der Waals surface area contributed by atoms with Gasteiger partial charge in [0.05, 0.1) is 0 Å². The molecule has 0 aromatic rings. The van der Waals surface area contributed by atoms with Crippen molar-refractivity contribution >= 4 is 0 Å². The van der Waals surface area contributed by atoms with Crippen molar-refractivity contribution in [3.05, 3.63) is 0 Å². The third kappa shape index (κ3) is 5.90. The van der Waals surface area contributed by atoms with Crippen LogP contribution >= 0.6 is 0 Å². The molecule has 0 saturated heterocycles. The second kappa shape index (κ2) is 6.22. The van der Waals surface area contributed by atoms with Crippen molar-refractivity contribution in [2.24, 2.45) is 11.3 Å². The van der Waals surface area contributed by atoms with E-state index in [1.165, 1.54) is 51.5 Å². The van der Waals surface area contributed by atoms with Gasteiger partial charge in [-0.15, -0.1) is 0 Å². The van der Waals surface area contributed by atoms with E-state index >= 15 is 0 Å². The van der Waals surface area contributed by atoms with Crippen LogP contribution in [0.5, 0.6) is 0 Å². The summed E-state index contributed by atoms with van der Waals surface area (Å²) in [5, 5.41) is 3.69. The first-order chi connectivity index (χ1) is 7.85. The Labute approximate surface area is 109 Å². The van der Waals surface area contributed by atoms with Gasteiger partial charge in [0.25, 0.3) is 0 Å². The molecular weight excluding hydrogens is 206 g/mol. The van der Waals surface area contributed by atoms with E-state index in [0.717, 1.165) is 5.92 Å². The van der Waals surface area contributed by atoms with Crippen LogP contribution < -0.4 is 5.32 Å². The Morgan fingerprint density at radius 3 is 2.24 bits per heavy atom. The van der Waals surface area contributed by atoms with Gasteiger partial charge in [-0.3, -0.25) is 0 Å². The molecule has 0 spiro atoms. The molecule has 17 heavy (non-hydrogen) atoms. The van der Waals surface area contributed by atoms with Gasteiger partial charge in [-0.1, -0.05) is 33.1 Å². The van der Waals surface area contributed by atoms with Crippen molar-refractivity contribution in [2.75, 3.05) is 6.54 Å². The predicted octanol–water partition coefficient (Wildman–Crippen LogP) is 4.76. The summed E-state index contributed by atoms with van der Waals surface area (Å²) in [5.41, 5.74) is 0.818. The van der Waals surface area contributed by atoms with Gasteiger partial charge in [-0.2, -0.15) is 0 Å². The second-order valence-electron chi connectivity index (χ2n) is 7.50. The summed E-state index contributed by atoms with van der Waals surface area (Å²) in [6.07, 6.45) is 10.0. The monoisotopic (exact) mass is 239 g/mol. The van der Waals surface area contributed by atoms with Crippen LogP contribution in [0.25, 0.3) is 0 Å². The Bertz CT molecular complexity index is 206. The van der Waals surface area contributed by atoms with E-state index in [-0.39, 0.29) is 5.54 Å². The minimum atomic E-state index is 0.266. The van der Waals surface area contributed by atoms with Crippen molar-refractivity contribution in [1.82, 2.24) is 5.32 Å². The number of rotatable bonds is 5. The fraction of sp³-hybridized carbons (Fsp3) is 1.00. The van der Waals surface area contributed by atoms with E-state index in [9.17, 15) is 0 Å². The van der Waals surface area contributed by atoms with Crippen LogP contribution in [-0.4, -0.2) is 12.1 Å². The number of hydrogen-bond donors (Lipinski definition) is 1. The molecule has 0 aromatic heterocycles. The molecule has 1 aliphatic rings. The van der Waals surface area contributed by atoms with Crippen LogP contribution in [0.4, 0.5) is 0 Å². The molecule has 0 radical (unpaired) electrons. The fourth-order valence-electron chi connectivity index (χ4n) is 2.81. The van der Waals surface area contributed by atoms with E-state index in [1.807, 2.05) is 0 Å². The lowest BCUT2D eigenvalue weighted by Gasteiger charge is -2.39. The molecule has 1 aliphatic carbocycles. The molecule has 1 saturated carbocycles. The number of hydrogen-bond acceptors (Lipinski definition) is 1. The SMILES string of the molecule is CCCCC1CCC(C)(CNC(C)(C)C)CC1. The molecule has 0 heterocycles. The second-order valence-corrected chi connectivity index (χ2v) is 7.50. The van der Waals surface area contributed by atoms with Gasteiger partial charge < -0.3 is 5.32 Å². The molecule has 0 atom stereocenters. The van der Waals surface area contributed by atoms with Crippen molar-refractivity contribution < 1.29 is 0 Å². The zero-order chi connectivity index (χ0) is 12.9. The van der Waals surface area contributed by atoms with Crippen LogP contribution in [0.2, 0.25) is 0 Å². The van der Waals surface area contributed by atoms with Crippen molar-refractivity contribution in [2.45, 2.75) is 85.1 Å². The van der Waals surface area contributed by atoms with Crippen molar-refractivity contribution in [1.29, 1.82) is 0 Å².